The summed E-state index contributed by atoms with van der Waals surface area (Å²) in [4.78, 5) is 32.3. The molecule has 0 bridgehead atoms. The SMILES string of the molecule is COc1cc(C(=O)N2CCC(C(=O)c3nc4ccccc4s3)CC2)cc(OC)c1OC. The first-order valence-corrected chi connectivity index (χ1v) is 10.9. The van der Waals surface area contributed by atoms with Crippen molar-refractivity contribution in [1.29, 1.82) is 0 Å². The zero-order chi connectivity index (χ0) is 22.0. The van der Waals surface area contributed by atoms with Crippen LogP contribution in [0.25, 0.3) is 10.2 Å². The van der Waals surface area contributed by atoms with Gasteiger partial charge in [-0.25, -0.2) is 4.98 Å². The van der Waals surface area contributed by atoms with Crippen LogP contribution in [-0.2, 0) is 0 Å². The molecule has 31 heavy (non-hydrogen) atoms. The second-order valence-corrected chi connectivity index (χ2v) is 8.36. The van der Waals surface area contributed by atoms with Gasteiger partial charge in [-0.1, -0.05) is 12.1 Å². The number of rotatable bonds is 6. The average Bonchev–Trinajstić information content (AvgIpc) is 3.26. The van der Waals surface area contributed by atoms with Crippen LogP contribution in [0.4, 0.5) is 0 Å². The Hall–Kier alpha value is -3.13. The van der Waals surface area contributed by atoms with Gasteiger partial charge in [-0.3, -0.25) is 9.59 Å². The molecule has 1 aromatic heterocycles. The maximum atomic E-state index is 13.1. The maximum absolute atomic E-state index is 13.1. The second kappa shape index (κ2) is 8.93. The third kappa shape index (κ3) is 4.07. The summed E-state index contributed by atoms with van der Waals surface area (Å²) in [5, 5.41) is 0.551. The van der Waals surface area contributed by atoms with Crippen molar-refractivity contribution >= 4 is 33.2 Å². The third-order valence-electron chi connectivity index (χ3n) is 5.57. The van der Waals surface area contributed by atoms with Crippen molar-refractivity contribution in [1.82, 2.24) is 9.88 Å². The minimum atomic E-state index is -0.121. The summed E-state index contributed by atoms with van der Waals surface area (Å²) in [6, 6.07) is 11.1. The van der Waals surface area contributed by atoms with Crippen LogP contribution in [-0.4, -0.2) is 56.0 Å². The molecule has 8 heteroatoms. The van der Waals surface area contributed by atoms with Crippen LogP contribution in [0.5, 0.6) is 17.2 Å². The smallest absolute Gasteiger partial charge is 0.254 e. The highest BCUT2D eigenvalue weighted by molar-refractivity contribution is 7.20. The highest BCUT2D eigenvalue weighted by Gasteiger charge is 2.30. The normalized spacial score (nSPS) is 14.5. The lowest BCUT2D eigenvalue weighted by molar-refractivity contribution is 0.0649. The monoisotopic (exact) mass is 440 g/mol. The quantitative estimate of drug-likeness (QED) is 0.538. The molecule has 7 nitrogen and oxygen atoms in total. The second-order valence-electron chi connectivity index (χ2n) is 7.33. The number of benzene rings is 2. The molecule has 1 aliphatic heterocycles. The molecule has 4 rings (SSSR count). The van der Waals surface area contributed by atoms with Crippen LogP contribution < -0.4 is 14.2 Å². The number of carbonyl (C=O) groups excluding carboxylic acids is 2. The lowest BCUT2D eigenvalue weighted by atomic mass is 9.92. The molecule has 0 N–H and O–H groups in total. The van der Waals surface area contributed by atoms with Crippen molar-refractivity contribution in [3.05, 3.63) is 47.0 Å². The maximum Gasteiger partial charge on any atom is 0.254 e. The Balaban J connectivity index is 1.46. The first-order valence-electron chi connectivity index (χ1n) is 10.0. The van der Waals surface area contributed by atoms with E-state index in [4.69, 9.17) is 14.2 Å². The molecule has 1 aliphatic rings. The molecule has 1 saturated heterocycles. The van der Waals surface area contributed by atoms with Gasteiger partial charge in [0.15, 0.2) is 22.3 Å². The summed E-state index contributed by atoms with van der Waals surface area (Å²) >= 11 is 1.43. The van der Waals surface area contributed by atoms with Crippen LogP contribution in [0.2, 0.25) is 0 Å². The first kappa shape index (κ1) is 21.1. The summed E-state index contributed by atoms with van der Waals surface area (Å²) in [6.07, 6.45) is 1.23. The average molecular weight is 441 g/mol. The molecule has 0 spiro atoms. The first-order chi connectivity index (χ1) is 15.0. The van der Waals surface area contributed by atoms with Gasteiger partial charge in [0.25, 0.3) is 5.91 Å². The fraction of sp³-hybridized carbons (Fsp3) is 0.348. The van der Waals surface area contributed by atoms with Gasteiger partial charge >= 0.3 is 0 Å². The molecular weight excluding hydrogens is 416 g/mol. The summed E-state index contributed by atoms with van der Waals surface area (Å²) in [5.41, 5.74) is 1.32. The molecule has 0 saturated carbocycles. The molecule has 0 atom stereocenters. The summed E-state index contributed by atoms with van der Waals surface area (Å²) in [6.45, 7) is 1.02. The van der Waals surface area contributed by atoms with Crippen molar-refractivity contribution < 1.29 is 23.8 Å². The van der Waals surface area contributed by atoms with Crippen molar-refractivity contribution in [2.45, 2.75) is 12.8 Å². The number of hydrogen-bond donors (Lipinski definition) is 0. The van der Waals surface area contributed by atoms with E-state index in [1.165, 1.54) is 32.7 Å². The van der Waals surface area contributed by atoms with Crippen LogP contribution >= 0.6 is 11.3 Å². The van der Waals surface area contributed by atoms with Crippen LogP contribution in [0.15, 0.2) is 36.4 Å². The standard InChI is InChI=1S/C23H24N2O5S/c1-28-17-12-15(13-18(29-2)21(17)30-3)23(27)25-10-8-14(9-11-25)20(26)22-24-16-6-4-5-7-19(16)31-22/h4-7,12-14H,8-11H2,1-3H3. The molecule has 0 unspecified atom stereocenters. The zero-order valence-corrected chi connectivity index (χ0v) is 18.5. The van der Waals surface area contributed by atoms with Gasteiger partial charge in [-0.15, -0.1) is 11.3 Å². The Kier molecular flexibility index (Phi) is 6.08. The number of fused-ring (bicyclic) bond motifs is 1. The number of thiazole rings is 1. The van der Waals surface area contributed by atoms with Crippen molar-refractivity contribution in [3.63, 3.8) is 0 Å². The molecule has 162 valence electrons. The van der Waals surface area contributed by atoms with E-state index in [1.54, 1.807) is 17.0 Å². The number of piperidine rings is 1. The van der Waals surface area contributed by atoms with E-state index < -0.39 is 0 Å². The highest BCUT2D eigenvalue weighted by atomic mass is 32.1. The molecule has 1 amide bonds. The number of hydrogen-bond acceptors (Lipinski definition) is 7. The van der Waals surface area contributed by atoms with E-state index in [1.807, 2.05) is 24.3 Å². The van der Waals surface area contributed by atoms with Crippen molar-refractivity contribution in [2.75, 3.05) is 34.4 Å². The fourth-order valence-electron chi connectivity index (χ4n) is 3.88. The predicted octanol–water partition coefficient (Wildman–Crippen LogP) is 4.06. The molecule has 0 radical (unpaired) electrons. The number of carbonyl (C=O) groups is 2. The molecule has 1 fully saturated rings. The number of para-hydroxylation sites is 1. The van der Waals surface area contributed by atoms with Gasteiger partial charge in [0, 0.05) is 24.6 Å². The van der Waals surface area contributed by atoms with E-state index in [9.17, 15) is 9.59 Å². The van der Waals surface area contributed by atoms with Crippen LogP contribution in [0, 0.1) is 5.92 Å². The molecule has 2 heterocycles. The van der Waals surface area contributed by atoms with E-state index >= 15 is 0 Å². The van der Waals surface area contributed by atoms with E-state index in [2.05, 4.69) is 4.98 Å². The largest absolute Gasteiger partial charge is 0.493 e. The lowest BCUT2D eigenvalue weighted by Gasteiger charge is -2.31. The van der Waals surface area contributed by atoms with E-state index in [0.29, 0.717) is 53.8 Å². The molecule has 3 aromatic rings. The number of ether oxygens (including phenoxy) is 3. The number of Topliss-reactive ketones (excluding diaryl/α,β-unsaturated/α-hetero) is 1. The van der Waals surface area contributed by atoms with E-state index in [0.717, 1.165) is 10.2 Å². The highest BCUT2D eigenvalue weighted by Crippen LogP contribution is 2.38. The predicted molar refractivity (Wildman–Crippen MR) is 119 cm³/mol. The topological polar surface area (TPSA) is 78.0 Å². The Morgan fingerprint density at radius 1 is 1.00 bits per heavy atom. The number of nitrogens with zero attached hydrogens (tertiary/aromatic N) is 2. The van der Waals surface area contributed by atoms with Crippen molar-refractivity contribution in [2.24, 2.45) is 5.92 Å². The zero-order valence-electron chi connectivity index (χ0n) is 17.7. The summed E-state index contributed by atoms with van der Waals surface area (Å²) < 4.78 is 17.0. The molecule has 0 aliphatic carbocycles. The minimum Gasteiger partial charge on any atom is -0.493 e. The van der Waals surface area contributed by atoms with Crippen LogP contribution in [0.1, 0.15) is 33.0 Å². The number of methoxy groups -OCH3 is 3. The number of likely N-dealkylation sites (tertiary alicyclic amines) is 1. The van der Waals surface area contributed by atoms with Gasteiger partial charge in [0.1, 0.15) is 0 Å². The van der Waals surface area contributed by atoms with Gasteiger partial charge in [0.2, 0.25) is 5.75 Å². The van der Waals surface area contributed by atoms with Gasteiger partial charge in [-0.05, 0) is 37.1 Å². The summed E-state index contributed by atoms with van der Waals surface area (Å²) in [7, 11) is 4.56. The number of ketones is 1. The fourth-order valence-corrected chi connectivity index (χ4v) is 4.87. The molecular formula is C23H24N2O5S. The lowest BCUT2D eigenvalue weighted by Crippen LogP contribution is -2.40. The van der Waals surface area contributed by atoms with Gasteiger partial charge in [-0.2, -0.15) is 0 Å². The summed E-state index contributed by atoms with van der Waals surface area (Å²) in [5.74, 6) is 1.15. The van der Waals surface area contributed by atoms with Gasteiger partial charge < -0.3 is 19.1 Å². The Morgan fingerprint density at radius 3 is 2.23 bits per heavy atom. The minimum absolute atomic E-state index is 0.0704. The molecule has 2 aromatic carbocycles. The number of aromatic nitrogens is 1. The van der Waals surface area contributed by atoms with Crippen molar-refractivity contribution in [3.8, 4) is 17.2 Å². The number of amides is 1. The Morgan fingerprint density at radius 2 is 1.65 bits per heavy atom. The third-order valence-corrected chi connectivity index (χ3v) is 6.62. The Labute approximate surface area is 184 Å². The van der Waals surface area contributed by atoms with Crippen LogP contribution in [0.3, 0.4) is 0 Å². The van der Waals surface area contributed by atoms with E-state index in [-0.39, 0.29) is 17.6 Å². The van der Waals surface area contributed by atoms with Gasteiger partial charge in [0.05, 0.1) is 31.5 Å². The Bertz CT molecular complexity index is 1060.